The van der Waals surface area contributed by atoms with E-state index < -0.39 is 0 Å². The first-order valence-electron chi connectivity index (χ1n) is 13.2. The van der Waals surface area contributed by atoms with Crippen LogP contribution in [0.1, 0.15) is 30.5 Å². The molecule has 3 nitrogen and oxygen atoms in total. The SMILES string of the molecule is COc1ccc(Cn2c3ccccc3c3c4c(ccc32)-c2ccc3c(oc5ccccc53)c2C4(C)C)cc1. The molecule has 184 valence electrons. The molecule has 0 bridgehead atoms. The molecule has 5 aromatic carbocycles. The Balaban J connectivity index is 1.41. The normalized spacial score (nSPS) is 14.0. The van der Waals surface area contributed by atoms with Crippen molar-refractivity contribution in [3.8, 4) is 16.9 Å². The summed E-state index contributed by atoms with van der Waals surface area (Å²) in [6, 6.07) is 34.8. The van der Waals surface area contributed by atoms with Gasteiger partial charge in [0.1, 0.15) is 16.9 Å². The lowest BCUT2D eigenvalue weighted by atomic mass is 9.80. The van der Waals surface area contributed by atoms with Crippen LogP contribution in [0.25, 0.3) is 54.9 Å². The van der Waals surface area contributed by atoms with Gasteiger partial charge in [-0.1, -0.05) is 74.5 Å². The van der Waals surface area contributed by atoms with E-state index in [0.717, 1.165) is 23.5 Å². The van der Waals surface area contributed by atoms with Crippen LogP contribution in [0.4, 0.5) is 0 Å². The molecule has 0 radical (unpaired) electrons. The van der Waals surface area contributed by atoms with Gasteiger partial charge in [0, 0.05) is 50.1 Å². The molecule has 0 amide bonds. The molecule has 1 aliphatic carbocycles. The van der Waals surface area contributed by atoms with E-state index >= 15 is 0 Å². The molecule has 8 rings (SSSR count). The molecule has 3 heteroatoms. The highest BCUT2D eigenvalue weighted by Crippen LogP contribution is 2.55. The molecular weight excluding hydrogens is 466 g/mol. The molecule has 0 unspecified atom stereocenters. The molecule has 0 fully saturated rings. The summed E-state index contributed by atoms with van der Waals surface area (Å²) in [5, 5.41) is 5.02. The molecule has 2 aromatic heterocycles. The Morgan fingerprint density at radius 3 is 2.21 bits per heavy atom. The lowest BCUT2D eigenvalue weighted by Crippen LogP contribution is -2.16. The maximum absolute atomic E-state index is 6.55. The van der Waals surface area contributed by atoms with E-state index in [1.807, 2.05) is 18.2 Å². The van der Waals surface area contributed by atoms with Crippen LogP contribution < -0.4 is 4.74 Å². The summed E-state index contributed by atoms with van der Waals surface area (Å²) in [7, 11) is 1.71. The number of benzene rings is 5. The number of aromatic nitrogens is 1. The van der Waals surface area contributed by atoms with Gasteiger partial charge in [0.2, 0.25) is 0 Å². The number of rotatable bonds is 3. The Kier molecular flexibility index (Phi) is 4.27. The average Bonchev–Trinajstić information content (AvgIpc) is 3.55. The Morgan fingerprint density at radius 2 is 1.39 bits per heavy atom. The quantitative estimate of drug-likeness (QED) is 0.245. The monoisotopic (exact) mass is 493 g/mol. The molecule has 2 heterocycles. The average molecular weight is 494 g/mol. The van der Waals surface area contributed by atoms with Crippen LogP contribution in [0.2, 0.25) is 0 Å². The summed E-state index contributed by atoms with van der Waals surface area (Å²) in [5.41, 5.74) is 10.8. The second kappa shape index (κ2) is 7.52. The molecule has 1 aliphatic rings. The van der Waals surface area contributed by atoms with Crippen molar-refractivity contribution in [1.82, 2.24) is 4.57 Å². The molecule has 0 spiro atoms. The predicted molar refractivity (Wildman–Crippen MR) is 156 cm³/mol. The molecule has 0 saturated carbocycles. The van der Waals surface area contributed by atoms with Gasteiger partial charge in [-0.25, -0.2) is 0 Å². The van der Waals surface area contributed by atoms with Gasteiger partial charge in [0.05, 0.1) is 7.11 Å². The van der Waals surface area contributed by atoms with Crippen molar-refractivity contribution in [2.75, 3.05) is 7.11 Å². The lowest BCUT2D eigenvalue weighted by Gasteiger charge is -2.23. The zero-order valence-electron chi connectivity index (χ0n) is 21.7. The summed E-state index contributed by atoms with van der Waals surface area (Å²) in [4.78, 5) is 0. The van der Waals surface area contributed by atoms with Crippen LogP contribution in [-0.4, -0.2) is 11.7 Å². The Bertz CT molecular complexity index is 2050. The van der Waals surface area contributed by atoms with E-state index in [1.165, 1.54) is 60.4 Å². The zero-order chi connectivity index (χ0) is 25.6. The third-order valence-corrected chi connectivity index (χ3v) is 8.53. The molecule has 7 aromatic rings. The van der Waals surface area contributed by atoms with E-state index in [-0.39, 0.29) is 5.41 Å². The van der Waals surface area contributed by atoms with Gasteiger partial charge in [0.25, 0.3) is 0 Å². The first kappa shape index (κ1) is 21.6. The van der Waals surface area contributed by atoms with Crippen LogP contribution in [0, 0.1) is 0 Å². The summed E-state index contributed by atoms with van der Waals surface area (Å²) in [5.74, 6) is 0.880. The number of para-hydroxylation sites is 2. The number of hydrogen-bond donors (Lipinski definition) is 0. The van der Waals surface area contributed by atoms with Crippen molar-refractivity contribution in [3.63, 3.8) is 0 Å². The van der Waals surface area contributed by atoms with Crippen LogP contribution in [0.5, 0.6) is 5.75 Å². The number of methoxy groups -OCH3 is 1. The molecule has 0 saturated heterocycles. The van der Waals surface area contributed by atoms with E-state index in [9.17, 15) is 0 Å². The first-order valence-corrected chi connectivity index (χ1v) is 13.2. The summed E-state index contributed by atoms with van der Waals surface area (Å²) in [6.45, 7) is 5.52. The van der Waals surface area contributed by atoms with Crippen LogP contribution in [0.15, 0.2) is 101 Å². The van der Waals surface area contributed by atoms with Gasteiger partial charge in [-0.05, 0) is 58.7 Å². The van der Waals surface area contributed by atoms with Gasteiger partial charge in [-0.15, -0.1) is 0 Å². The summed E-state index contributed by atoms with van der Waals surface area (Å²) < 4.78 is 14.4. The van der Waals surface area contributed by atoms with Crippen LogP contribution in [0.3, 0.4) is 0 Å². The van der Waals surface area contributed by atoms with Gasteiger partial charge >= 0.3 is 0 Å². The maximum Gasteiger partial charge on any atom is 0.140 e. The molecule has 0 aliphatic heterocycles. The molecule has 0 N–H and O–H groups in total. The maximum atomic E-state index is 6.55. The summed E-state index contributed by atoms with van der Waals surface area (Å²) >= 11 is 0. The van der Waals surface area contributed by atoms with Crippen LogP contribution >= 0.6 is 0 Å². The van der Waals surface area contributed by atoms with E-state index in [1.54, 1.807) is 7.11 Å². The molecule has 38 heavy (non-hydrogen) atoms. The zero-order valence-corrected chi connectivity index (χ0v) is 21.7. The fourth-order valence-corrected chi connectivity index (χ4v) is 6.86. The van der Waals surface area contributed by atoms with Crippen molar-refractivity contribution in [1.29, 1.82) is 0 Å². The highest BCUT2D eigenvalue weighted by atomic mass is 16.5. The van der Waals surface area contributed by atoms with Crippen molar-refractivity contribution < 1.29 is 9.15 Å². The van der Waals surface area contributed by atoms with Gasteiger partial charge in [0.15, 0.2) is 0 Å². The fraction of sp³-hybridized carbons (Fsp3) is 0.143. The minimum Gasteiger partial charge on any atom is -0.497 e. The standard InChI is InChI=1S/C35H27NO2/c1-35(2)32-24(25-16-17-26-23-8-5-7-11-30(23)38-34(26)33(25)35)18-19-29-31(32)27-9-4-6-10-28(27)36(29)20-21-12-14-22(37-3)15-13-21/h4-19H,20H2,1-3H3. The fourth-order valence-electron chi connectivity index (χ4n) is 6.86. The Hall–Kier alpha value is -4.50. The highest BCUT2D eigenvalue weighted by Gasteiger charge is 2.40. The number of fused-ring (bicyclic) bond motifs is 11. The Morgan fingerprint density at radius 1 is 0.684 bits per heavy atom. The predicted octanol–water partition coefficient (Wildman–Crippen LogP) is 9.06. The third kappa shape index (κ3) is 2.74. The van der Waals surface area contributed by atoms with Gasteiger partial charge in [-0.2, -0.15) is 0 Å². The van der Waals surface area contributed by atoms with Crippen LogP contribution in [-0.2, 0) is 12.0 Å². The highest BCUT2D eigenvalue weighted by molar-refractivity contribution is 6.15. The third-order valence-electron chi connectivity index (χ3n) is 8.53. The van der Waals surface area contributed by atoms with E-state index in [4.69, 9.17) is 9.15 Å². The molecular formula is C35H27NO2. The van der Waals surface area contributed by atoms with Crippen molar-refractivity contribution in [3.05, 3.63) is 114 Å². The Labute approximate surface area is 220 Å². The first-order chi connectivity index (χ1) is 18.6. The van der Waals surface area contributed by atoms with Crippen molar-refractivity contribution in [2.24, 2.45) is 0 Å². The number of nitrogens with zero attached hydrogens (tertiary/aromatic N) is 1. The number of ether oxygens (including phenoxy) is 1. The largest absolute Gasteiger partial charge is 0.497 e. The number of furan rings is 1. The minimum atomic E-state index is -0.216. The topological polar surface area (TPSA) is 27.3 Å². The summed E-state index contributed by atoms with van der Waals surface area (Å²) in [6.07, 6.45) is 0. The van der Waals surface area contributed by atoms with E-state index in [2.05, 4.69) is 97.3 Å². The van der Waals surface area contributed by atoms with E-state index in [0.29, 0.717) is 0 Å². The van der Waals surface area contributed by atoms with Crippen molar-refractivity contribution >= 4 is 43.7 Å². The second-order valence-electron chi connectivity index (χ2n) is 10.9. The smallest absolute Gasteiger partial charge is 0.140 e. The van der Waals surface area contributed by atoms with Gasteiger partial charge < -0.3 is 13.7 Å². The lowest BCUT2D eigenvalue weighted by molar-refractivity contribution is 0.414. The van der Waals surface area contributed by atoms with Crippen molar-refractivity contribution in [2.45, 2.75) is 25.8 Å². The number of hydrogen-bond acceptors (Lipinski definition) is 2. The molecule has 0 atom stereocenters. The second-order valence-corrected chi connectivity index (χ2v) is 10.9. The van der Waals surface area contributed by atoms with Gasteiger partial charge in [-0.3, -0.25) is 0 Å². The minimum absolute atomic E-state index is 0.216.